The molecule has 0 atom stereocenters. The van der Waals surface area contributed by atoms with Gasteiger partial charge < -0.3 is 10.6 Å². The topological polar surface area (TPSA) is 80.6 Å². The number of thiophene rings is 1. The van der Waals surface area contributed by atoms with Crippen LogP contribution < -0.4 is 10.6 Å². The van der Waals surface area contributed by atoms with Crippen LogP contribution in [0.2, 0.25) is 0 Å². The fourth-order valence-corrected chi connectivity index (χ4v) is 3.48. The lowest BCUT2D eigenvalue weighted by molar-refractivity contribution is 1.07. The molecule has 0 spiro atoms. The van der Waals surface area contributed by atoms with Gasteiger partial charge in [0.25, 0.3) is 0 Å². The number of imidazole rings is 1. The molecule has 4 aromatic heterocycles. The van der Waals surface area contributed by atoms with E-state index in [1.807, 2.05) is 58.5 Å². The first-order valence-electron chi connectivity index (χ1n) is 8.63. The first-order valence-corrected chi connectivity index (χ1v) is 9.58. The summed E-state index contributed by atoms with van der Waals surface area (Å²) in [4.78, 5) is 18.0. The summed E-state index contributed by atoms with van der Waals surface area (Å²) in [5, 5.41) is 10.7. The van der Waals surface area contributed by atoms with Crippen molar-refractivity contribution in [2.75, 3.05) is 10.6 Å². The Balaban J connectivity index is 1.64. The molecule has 0 amide bonds. The molecule has 4 heterocycles. The van der Waals surface area contributed by atoms with Gasteiger partial charge in [-0.3, -0.25) is 9.55 Å². The molecule has 0 saturated heterocycles. The molecular formula is C20H15N7S. The zero-order chi connectivity index (χ0) is 18.8. The Morgan fingerprint density at radius 2 is 1.79 bits per heavy atom. The summed E-state index contributed by atoms with van der Waals surface area (Å²) in [5.74, 6) is 1.10. The third-order valence-electron chi connectivity index (χ3n) is 4.13. The van der Waals surface area contributed by atoms with E-state index in [4.69, 9.17) is 4.98 Å². The number of anilines is 4. The number of nitrogens with zero attached hydrogens (tertiary/aromatic N) is 5. The van der Waals surface area contributed by atoms with E-state index in [2.05, 4.69) is 31.0 Å². The van der Waals surface area contributed by atoms with Crippen LogP contribution in [0.15, 0.2) is 78.0 Å². The van der Waals surface area contributed by atoms with E-state index in [0.717, 1.165) is 22.7 Å². The Labute approximate surface area is 164 Å². The highest BCUT2D eigenvalue weighted by Gasteiger charge is 2.15. The molecule has 5 aromatic rings. The highest BCUT2D eigenvalue weighted by Crippen LogP contribution is 2.27. The van der Waals surface area contributed by atoms with E-state index in [1.54, 1.807) is 30.1 Å². The van der Waals surface area contributed by atoms with Crippen LogP contribution in [-0.2, 0) is 0 Å². The Morgan fingerprint density at radius 3 is 2.57 bits per heavy atom. The number of rotatable bonds is 5. The number of pyridine rings is 1. The Morgan fingerprint density at radius 1 is 0.893 bits per heavy atom. The SMILES string of the molecule is c1ccc(Nc2nc(Nc3cccnc3)nc3c2ncn3-c2ccsc2)cc1. The summed E-state index contributed by atoms with van der Waals surface area (Å²) in [6.45, 7) is 0. The molecule has 0 fully saturated rings. The summed E-state index contributed by atoms with van der Waals surface area (Å²) in [5.41, 5.74) is 4.18. The molecular weight excluding hydrogens is 370 g/mol. The molecule has 0 aliphatic carbocycles. The maximum absolute atomic E-state index is 4.70. The Hall–Kier alpha value is -3.78. The molecule has 0 radical (unpaired) electrons. The summed E-state index contributed by atoms with van der Waals surface area (Å²) in [6.07, 6.45) is 5.22. The van der Waals surface area contributed by atoms with Gasteiger partial charge in [0.2, 0.25) is 5.95 Å². The van der Waals surface area contributed by atoms with Crippen LogP contribution in [-0.4, -0.2) is 24.5 Å². The molecule has 0 bridgehead atoms. The van der Waals surface area contributed by atoms with Gasteiger partial charge in [-0.1, -0.05) is 18.2 Å². The van der Waals surface area contributed by atoms with Crippen molar-refractivity contribution >= 4 is 45.6 Å². The second kappa shape index (κ2) is 7.09. The molecule has 0 aliphatic rings. The van der Waals surface area contributed by atoms with Crippen LogP contribution in [0.4, 0.5) is 23.1 Å². The summed E-state index contributed by atoms with van der Waals surface area (Å²) >= 11 is 1.63. The fourth-order valence-electron chi connectivity index (χ4n) is 2.85. The maximum atomic E-state index is 4.70. The monoisotopic (exact) mass is 385 g/mol. The first kappa shape index (κ1) is 16.4. The van der Waals surface area contributed by atoms with Gasteiger partial charge in [0.1, 0.15) is 6.33 Å². The summed E-state index contributed by atoms with van der Waals surface area (Å²) < 4.78 is 1.96. The van der Waals surface area contributed by atoms with Gasteiger partial charge in [0.05, 0.1) is 17.6 Å². The van der Waals surface area contributed by atoms with Crippen molar-refractivity contribution in [3.05, 3.63) is 78.0 Å². The lowest BCUT2D eigenvalue weighted by Crippen LogP contribution is -2.03. The molecule has 2 N–H and O–H groups in total. The number of para-hydroxylation sites is 1. The molecule has 8 heteroatoms. The number of hydrogen-bond donors (Lipinski definition) is 2. The molecule has 136 valence electrons. The van der Waals surface area contributed by atoms with E-state index in [-0.39, 0.29) is 0 Å². The highest BCUT2D eigenvalue weighted by atomic mass is 32.1. The van der Waals surface area contributed by atoms with Crippen LogP contribution in [0.5, 0.6) is 0 Å². The minimum atomic E-state index is 0.468. The van der Waals surface area contributed by atoms with Crippen molar-refractivity contribution in [3.63, 3.8) is 0 Å². The van der Waals surface area contributed by atoms with Gasteiger partial charge in [-0.25, -0.2) is 4.98 Å². The molecule has 0 aliphatic heterocycles. The van der Waals surface area contributed by atoms with Crippen LogP contribution in [0.3, 0.4) is 0 Å². The molecule has 28 heavy (non-hydrogen) atoms. The molecule has 7 nitrogen and oxygen atoms in total. The zero-order valence-electron chi connectivity index (χ0n) is 14.6. The highest BCUT2D eigenvalue weighted by molar-refractivity contribution is 7.08. The van der Waals surface area contributed by atoms with Crippen molar-refractivity contribution in [1.29, 1.82) is 0 Å². The van der Waals surface area contributed by atoms with Crippen molar-refractivity contribution in [2.45, 2.75) is 0 Å². The molecule has 0 unspecified atom stereocenters. The lowest BCUT2D eigenvalue weighted by atomic mass is 10.3. The van der Waals surface area contributed by atoms with Gasteiger partial charge in [0.15, 0.2) is 17.0 Å². The van der Waals surface area contributed by atoms with Gasteiger partial charge in [0, 0.05) is 17.3 Å². The van der Waals surface area contributed by atoms with E-state index < -0.39 is 0 Å². The standard InChI is InChI=1S/C20H15N7S/c1-2-5-14(6-3-1)23-18-17-19(27(13-22-17)16-8-10-28-12-16)26-20(25-18)24-15-7-4-9-21-11-15/h1-13H,(H2,23,24,25,26). The largest absolute Gasteiger partial charge is 0.338 e. The van der Waals surface area contributed by atoms with Crippen LogP contribution in [0, 0.1) is 0 Å². The van der Waals surface area contributed by atoms with Crippen molar-refractivity contribution < 1.29 is 0 Å². The molecule has 5 rings (SSSR count). The zero-order valence-corrected chi connectivity index (χ0v) is 15.5. The van der Waals surface area contributed by atoms with Crippen LogP contribution in [0.1, 0.15) is 0 Å². The van der Waals surface area contributed by atoms with E-state index in [1.165, 1.54) is 0 Å². The second-order valence-corrected chi connectivity index (χ2v) is 6.80. The van der Waals surface area contributed by atoms with Gasteiger partial charge >= 0.3 is 0 Å². The normalized spacial score (nSPS) is 10.9. The van der Waals surface area contributed by atoms with Gasteiger partial charge in [-0.05, 0) is 35.7 Å². The summed E-state index contributed by atoms with van der Waals surface area (Å²) in [7, 11) is 0. The van der Waals surface area contributed by atoms with E-state index >= 15 is 0 Å². The van der Waals surface area contributed by atoms with Crippen molar-refractivity contribution in [3.8, 4) is 5.69 Å². The predicted octanol–water partition coefficient (Wildman–Crippen LogP) is 4.76. The quantitative estimate of drug-likeness (QED) is 0.454. The van der Waals surface area contributed by atoms with Crippen molar-refractivity contribution in [1.82, 2.24) is 24.5 Å². The molecule has 1 aromatic carbocycles. The number of hydrogen-bond acceptors (Lipinski definition) is 7. The van der Waals surface area contributed by atoms with Crippen molar-refractivity contribution in [2.24, 2.45) is 0 Å². The Bertz CT molecular complexity index is 1200. The predicted molar refractivity (Wildman–Crippen MR) is 112 cm³/mol. The Kier molecular flexibility index (Phi) is 4.15. The third-order valence-corrected chi connectivity index (χ3v) is 4.81. The first-order chi connectivity index (χ1) is 13.9. The fraction of sp³-hybridized carbons (Fsp3) is 0. The third kappa shape index (κ3) is 3.17. The van der Waals surface area contributed by atoms with Crippen LogP contribution in [0.25, 0.3) is 16.9 Å². The van der Waals surface area contributed by atoms with E-state index in [9.17, 15) is 0 Å². The minimum Gasteiger partial charge on any atom is -0.338 e. The van der Waals surface area contributed by atoms with Crippen LogP contribution >= 0.6 is 11.3 Å². The average Bonchev–Trinajstić information content (AvgIpc) is 3.39. The minimum absolute atomic E-state index is 0.468. The summed E-state index contributed by atoms with van der Waals surface area (Å²) in [6, 6.07) is 15.7. The smallest absolute Gasteiger partial charge is 0.231 e. The second-order valence-electron chi connectivity index (χ2n) is 6.02. The average molecular weight is 385 g/mol. The number of aromatic nitrogens is 5. The number of fused-ring (bicyclic) bond motifs is 1. The molecule has 0 saturated carbocycles. The lowest BCUT2D eigenvalue weighted by Gasteiger charge is -2.10. The van der Waals surface area contributed by atoms with E-state index in [0.29, 0.717) is 17.3 Å². The maximum Gasteiger partial charge on any atom is 0.231 e. The van der Waals surface area contributed by atoms with Gasteiger partial charge in [-0.15, -0.1) is 0 Å². The number of nitrogens with one attached hydrogen (secondary N) is 2. The number of benzene rings is 1. The van der Waals surface area contributed by atoms with Gasteiger partial charge in [-0.2, -0.15) is 21.3 Å².